The number of pyridine rings is 1. The highest BCUT2D eigenvalue weighted by molar-refractivity contribution is 5.26. The molecule has 0 aliphatic heterocycles. The van der Waals surface area contributed by atoms with E-state index in [4.69, 9.17) is 0 Å². The Balaban J connectivity index is 2.03. The summed E-state index contributed by atoms with van der Waals surface area (Å²) in [6, 6.07) is 8.62. The monoisotopic (exact) mass is 281 g/mol. The quantitative estimate of drug-likeness (QED) is 0.933. The molecule has 2 rings (SSSR count). The first-order chi connectivity index (χ1) is 9.45. The minimum Gasteiger partial charge on any atom is -0.392 e. The summed E-state index contributed by atoms with van der Waals surface area (Å²) >= 11 is 0. The van der Waals surface area contributed by atoms with Crippen LogP contribution in [0.2, 0.25) is 0 Å². The average molecular weight is 281 g/mol. The van der Waals surface area contributed by atoms with Gasteiger partial charge in [-0.2, -0.15) is 13.2 Å². The third-order valence-corrected chi connectivity index (χ3v) is 2.92. The van der Waals surface area contributed by atoms with E-state index in [2.05, 4.69) is 4.98 Å². The van der Waals surface area contributed by atoms with E-state index < -0.39 is 17.8 Å². The van der Waals surface area contributed by atoms with Crippen molar-refractivity contribution in [1.82, 2.24) is 4.98 Å². The van der Waals surface area contributed by atoms with Gasteiger partial charge in [0.2, 0.25) is 0 Å². The fourth-order valence-corrected chi connectivity index (χ4v) is 2.01. The molecule has 1 aromatic carbocycles. The van der Waals surface area contributed by atoms with Crippen LogP contribution in [0.25, 0.3) is 0 Å². The highest BCUT2D eigenvalue weighted by Gasteiger charge is 2.30. The van der Waals surface area contributed by atoms with Gasteiger partial charge in [-0.25, -0.2) is 0 Å². The number of halogens is 3. The summed E-state index contributed by atoms with van der Waals surface area (Å²) < 4.78 is 37.7. The van der Waals surface area contributed by atoms with Gasteiger partial charge in [0.25, 0.3) is 0 Å². The van der Waals surface area contributed by atoms with Crippen LogP contribution in [0.1, 0.15) is 16.7 Å². The first kappa shape index (κ1) is 14.5. The van der Waals surface area contributed by atoms with E-state index in [1.54, 1.807) is 24.5 Å². The lowest BCUT2D eigenvalue weighted by molar-refractivity contribution is -0.137. The maximum atomic E-state index is 12.6. The topological polar surface area (TPSA) is 33.1 Å². The number of aliphatic hydroxyl groups excluding tert-OH is 1. The molecular formula is C15H14F3NO. The Morgan fingerprint density at radius 3 is 2.40 bits per heavy atom. The van der Waals surface area contributed by atoms with Crippen molar-refractivity contribution in [2.24, 2.45) is 0 Å². The van der Waals surface area contributed by atoms with Gasteiger partial charge in [0, 0.05) is 18.8 Å². The summed E-state index contributed by atoms with van der Waals surface area (Å²) in [6.07, 6.45) is -1.28. The Morgan fingerprint density at radius 2 is 1.75 bits per heavy atom. The molecule has 1 atom stereocenters. The van der Waals surface area contributed by atoms with Crippen LogP contribution in [-0.4, -0.2) is 16.2 Å². The molecule has 2 aromatic rings. The Labute approximate surface area is 114 Å². The number of benzene rings is 1. The van der Waals surface area contributed by atoms with Crippen LogP contribution in [-0.2, 0) is 19.0 Å². The molecule has 0 radical (unpaired) electrons. The molecule has 106 valence electrons. The molecule has 1 N–H and O–H groups in total. The molecule has 0 amide bonds. The molecule has 0 spiro atoms. The zero-order chi connectivity index (χ0) is 14.6. The van der Waals surface area contributed by atoms with Crippen molar-refractivity contribution in [3.05, 3.63) is 65.5 Å². The van der Waals surface area contributed by atoms with Gasteiger partial charge in [0.15, 0.2) is 0 Å². The van der Waals surface area contributed by atoms with E-state index in [-0.39, 0.29) is 6.42 Å². The number of aliphatic hydroxyl groups is 1. The molecule has 0 saturated carbocycles. The molecule has 0 saturated heterocycles. The largest absolute Gasteiger partial charge is 0.416 e. The molecule has 20 heavy (non-hydrogen) atoms. The minimum atomic E-state index is -4.36. The Morgan fingerprint density at radius 1 is 1.05 bits per heavy atom. The van der Waals surface area contributed by atoms with Crippen LogP contribution in [0, 0.1) is 0 Å². The maximum Gasteiger partial charge on any atom is 0.416 e. The first-order valence-corrected chi connectivity index (χ1v) is 6.18. The van der Waals surface area contributed by atoms with Gasteiger partial charge in [0.05, 0.1) is 11.7 Å². The molecule has 1 aromatic heterocycles. The first-order valence-electron chi connectivity index (χ1n) is 6.18. The van der Waals surface area contributed by atoms with Crippen molar-refractivity contribution >= 4 is 0 Å². The van der Waals surface area contributed by atoms with Gasteiger partial charge in [-0.1, -0.05) is 24.3 Å². The Hall–Kier alpha value is -1.88. The highest BCUT2D eigenvalue weighted by atomic mass is 19.4. The number of hydrogen-bond donors (Lipinski definition) is 1. The summed E-state index contributed by atoms with van der Waals surface area (Å²) in [7, 11) is 0. The molecule has 2 nitrogen and oxygen atoms in total. The van der Waals surface area contributed by atoms with Crippen LogP contribution in [0.5, 0.6) is 0 Å². The van der Waals surface area contributed by atoms with Crippen molar-refractivity contribution in [3.63, 3.8) is 0 Å². The molecule has 1 heterocycles. The standard InChI is InChI=1S/C15H14F3NO/c16-15(17,18)13-5-1-3-11(7-13)8-14(20)9-12-4-2-6-19-10-12/h1-7,10,14,20H,8-9H2. The Kier molecular flexibility index (Phi) is 4.39. The fourth-order valence-electron chi connectivity index (χ4n) is 2.01. The smallest absolute Gasteiger partial charge is 0.392 e. The number of aromatic nitrogens is 1. The van der Waals surface area contributed by atoms with E-state index in [1.807, 2.05) is 6.07 Å². The van der Waals surface area contributed by atoms with Gasteiger partial charge in [-0.05, 0) is 29.7 Å². The predicted molar refractivity (Wildman–Crippen MR) is 69.1 cm³/mol. The van der Waals surface area contributed by atoms with Gasteiger partial charge in [-0.15, -0.1) is 0 Å². The summed E-state index contributed by atoms with van der Waals surface area (Å²) in [4.78, 5) is 3.93. The van der Waals surface area contributed by atoms with E-state index in [0.29, 0.717) is 12.0 Å². The Bertz CT molecular complexity index is 555. The predicted octanol–water partition coefficient (Wildman–Crippen LogP) is 3.25. The second-order valence-electron chi connectivity index (χ2n) is 4.62. The van der Waals surface area contributed by atoms with Crippen molar-refractivity contribution in [2.75, 3.05) is 0 Å². The minimum absolute atomic E-state index is 0.179. The molecule has 0 aliphatic rings. The molecular weight excluding hydrogens is 267 g/mol. The summed E-state index contributed by atoms with van der Waals surface area (Å²) in [5, 5.41) is 9.94. The van der Waals surface area contributed by atoms with E-state index in [0.717, 1.165) is 17.7 Å². The number of alkyl halides is 3. The zero-order valence-electron chi connectivity index (χ0n) is 10.6. The maximum absolute atomic E-state index is 12.6. The highest BCUT2D eigenvalue weighted by Crippen LogP contribution is 2.29. The lowest BCUT2D eigenvalue weighted by atomic mass is 10.0. The fraction of sp³-hybridized carbons (Fsp3) is 0.267. The number of rotatable bonds is 4. The van der Waals surface area contributed by atoms with Crippen molar-refractivity contribution in [3.8, 4) is 0 Å². The summed E-state index contributed by atoms with van der Waals surface area (Å²) in [5.41, 5.74) is 0.631. The van der Waals surface area contributed by atoms with Gasteiger partial charge in [-0.3, -0.25) is 4.98 Å². The molecule has 0 fully saturated rings. The van der Waals surface area contributed by atoms with Crippen LogP contribution in [0.4, 0.5) is 13.2 Å². The van der Waals surface area contributed by atoms with Gasteiger partial charge in [0.1, 0.15) is 0 Å². The SMILES string of the molecule is OC(Cc1cccnc1)Cc1cccc(C(F)(F)F)c1. The normalized spacial score (nSPS) is 13.2. The van der Waals surface area contributed by atoms with Crippen LogP contribution >= 0.6 is 0 Å². The number of hydrogen-bond acceptors (Lipinski definition) is 2. The third-order valence-electron chi connectivity index (χ3n) is 2.92. The van der Waals surface area contributed by atoms with Crippen LogP contribution < -0.4 is 0 Å². The van der Waals surface area contributed by atoms with Crippen LogP contribution in [0.15, 0.2) is 48.8 Å². The summed E-state index contributed by atoms with van der Waals surface area (Å²) in [6.45, 7) is 0. The second-order valence-corrected chi connectivity index (χ2v) is 4.62. The van der Waals surface area contributed by atoms with Gasteiger partial charge >= 0.3 is 6.18 Å². The van der Waals surface area contributed by atoms with Crippen molar-refractivity contribution in [2.45, 2.75) is 25.1 Å². The third kappa shape index (κ3) is 4.06. The van der Waals surface area contributed by atoms with E-state index >= 15 is 0 Å². The van der Waals surface area contributed by atoms with Crippen molar-refractivity contribution < 1.29 is 18.3 Å². The number of nitrogens with zero attached hydrogens (tertiary/aromatic N) is 1. The lowest BCUT2D eigenvalue weighted by Crippen LogP contribution is -2.15. The molecule has 1 unspecified atom stereocenters. The van der Waals surface area contributed by atoms with Crippen molar-refractivity contribution in [1.29, 1.82) is 0 Å². The van der Waals surface area contributed by atoms with E-state index in [9.17, 15) is 18.3 Å². The summed E-state index contributed by atoms with van der Waals surface area (Å²) in [5.74, 6) is 0. The molecule has 0 bridgehead atoms. The van der Waals surface area contributed by atoms with Gasteiger partial charge < -0.3 is 5.11 Å². The average Bonchev–Trinajstić information content (AvgIpc) is 2.39. The zero-order valence-corrected chi connectivity index (χ0v) is 10.6. The second kappa shape index (κ2) is 6.05. The molecule has 5 heteroatoms. The lowest BCUT2D eigenvalue weighted by Gasteiger charge is -2.12. The molecule has 0 aliphatic carbocycles. The van der Waals surface area contributed by atoms with E-state index in [1.165, 1.54) is 6.07 Å². The van der Waals surface area contributed by atoms with Crippen LogP contribution in [0.3, 0.4) is 0 Å².